The fourth-order valence-electron chi connectivity index (χ4n) is 1.73. The minimum absolute atomic E-state index is 0.0269. The SMILES string of the molecule is CC(C)(C)OC(=O)NCC(C1SCCCS1)S(=O)(=O)CN. The van der Waals surface area contributed by atoms with Crippen LogP contribution in [0.5, 0.6) is 0 Å². The van der Waals surface area contributed by atoms with Gasteiger partial charge in [-0.25, -0.2) is 13.2 Å². The molecule has 0 radical (unpaired) electrons. The smallest absolute Gasteiger partial charge is 0.407 e. The first-order chi connectivity index (χ1) is 9.65. The van der Waals surface area contributed by atoms with E-state index in [4.69, 9.17) is 10.5 Å². The molecule has 1 unspecified atom stereocenters. The van der Waals surface area contributed by atoms with Crippen LogP contribution in [0.2, 0.25) is 0 Å². The number of ether oxygens (including phenoxy) is 1. The van der Waals surface area contributed by atoms with Gasteiger partial charge in [0.25, 0.3) is 0 Å². The van der Waals surface area contributed by atoms with Crippen molar-refractivity contribution in [1.29, 1.82) is 0 Å². The summed E-state index contributed by atoms with van der Waals surface area (Å²) in [6, 6.07) is 0. The Morgan fingerprint density at radius 1 is 1.38 bits per heavy atom. The van der Waals surface area contributed by atoms with E-state index in [1.165, 1.54) is 0 Å². The van der Waals surface area contributed by atoms with E-state index in [0.29, 0.717) is 0 Å². The fraction of sp³-hybridized carbons (Fsp3) is 0.917. The van der Waals surface area contributed by atoms with Gasteiger partial charge >= 0.3 is 6.09 Å². The monoisotopic (exact) mass is 356 g/mol. The highest BCUT2D eigenvalue weighted by molar-refractivity contribution is 8.18. The Labute approximate surface area is 135 Å². The standard InChI is InChI=1S/C12H24N2O4S3/c1-12(2,3)18-11(15)14-7-9(21(16,17)8-13)10-19-5-4-6-20-10/h9-10H,4-8,13H2,1-3H3,(H,14,15). The Hall–Kier alpha value is -0.120. The third-order valence-corrected chi connectivity index (χ3v) is 8.05. The van der Waals surface area contributed by atoms with Crippen molar-refractivity contribution in [1.82, 2.24) is 5.32 Å². The molecule has 1 aliphatic heterocycles. The molecule has 0 aromatic carbocycles. The van der Waals surface area contributed by atoms with Crippen LogP contribution < -0.4 is 11.1 Å². The molecule has 1 amide bonds. The number of sulfone groups is 1. The van der Waals surface area contributed by atoms with E-state index >= 15 is 0 Å². The van der Waals surface area contributed by atoms with Crippen LogP contribution in [-0.4, -0.2) is 53.9 Å². The van der Waals surface area contributed by atoms with Crippen molar-refractivity contribution in [2.45, 2.75) is 42.6 Å². The average Bonchev–Trinajstić information content (AvgIpc) is 2.38. The van der Waals surface area contributed by atoms with Crippen LogP contribution in [0.3, 0.4) is 0 Å². The second-order valence-electron chi connectivity index (χ2n) is 5.71. The van der Waals surface area contributed by atoms with E-state index in [2.05, 4.69) is 5.32 Å². The molecule has 6 nitrogen and oxygen atoms in total. The number of carbonyl (C=O) groups is 1. The normalized spacial score (nSPS) is 19.0. The number of rotatable bonds is 5. The highest BCUT2D eigenvalue weighted by atomic mass is 32.2. The number of nitrogens with one attached hydrogen (secondary N) is 1. The lowest BCUT2D eigenvalue weighted by molar-refractivity contribution is 0.0528. The third kappa shape index (κ3) is 6.66. The van der Waals surface area contributed by atoms with E-state index < -0.39 is 32.7 Å². The van der Waals surface area contributed by atoms with E-state index in [-0.39, 0.29) is 11.1 Å². The van der Waals surface area contributed by atoms with E-state index in [1.54, 1.807) is 44.3 Å². The Morgan fingerprint density at radius 3 is 2.43 bits per heavy atom. The second-order valence-corrected chi connectivity index (χ2v) is 10.8. The van der Waals surface area contributed by atoms with Gasteiger partial charge in [0.2, 0.25) is 0 Å². The van der Waals surface area contributed by atoms with E-state index in [9.17, 15) is 13.2 Å². The summed E-state index contributed by atoms with van der Waals surface area (Å²) in [4.78, 5) is 11.7. The first kappa shape index (κ1) is 18.9. The van der Waals surface area contributed by atoms with Gasteiger partial charge in [0, 0.05) is 6.54 Å². The summed E-state index contributed by atoms with van der Waals surface area (Å²) in [5.41, 5.74) is 4.76. The van der Waals surface area contributed by atoms with Crippen LogP contribution in [0.15, 0.2) is 0 Å². The van der Waals surface area contributed by atoms with Crippen LogP contribution in [0.1, 0.15) is 27.2 Å². The minimum Gasteiger partial charge on any atom is -0.444 e. The highest BCUT2D eigenvalue weighted by Gasteiger charge is 2.35. The van der Waals surface area contributed by atoms with Gasteiger partial charge in [-0.1, -0.05) is 0 Å². The van der Waals surface area contributed by atoms with Crippen molar-refractivity contribution in [3.8, 4) is 0 Å². The molecule has 0 aliphatic carbocycles. The van der Waals surface area contributed by atoms with Crippen LogP contribution in [0, 0.1) is 0 Å². The van der Waals surface area contributed by atoms with Gasteiger partial charge < -0.3 is 15.8 Å². The van der Waals surface area contributed by atoms with Crippen molar-refractivity contribution in [2.24, 2.45) is 5.73 Å². The molecule has 1 aliphatic rings. The highest BCUT2D eigenvalue weighted by Crippen LogP contribution is 2.35. The molecule has 21 heavy (non-hydrogen) atoms. The quantitative estimate of drug-likeness (QED) is 0.768. The Bertz CT molecular complexity index is 442. The largest absolute Gasteiger partial charge is 0.444 e. The molecule has 3 N–H and O–H groups in total. The summed E-state index contributed by atoms with van der Waals surface area (Å²) in [5.74, 6) is 1.45. The maximum atomic E-state index is 12.2. The average molecular weight is 357 g/mol. The van der Waals surface area contributed by atoms with Crippen molar-refractivity contribution in [3.05, 3.63) is 0 Å². The Balaban J connectivity index is 2.68. The van der Waals surface area contributed by atoms with Crippen molar-refractivity contribution < 1.29 is 17.9 Å². The molecule has 1 atom stereocenters. The zero-order valence-corrected chi connectivity index (χ0v) is 15.1. The van der Waals surface area contributed by atoms with Crippen molar-refractivity contribution in [3.63, 3.8) is 0 Å². The van der Waals surface area contributed by atoms with E-state index in [1.807, 2.05) is 0 Å². The second kappa shape index (κ2) is 7.94. The van der Waals surface area contributed by atoms with E-state index in [0.717, 1.165) is 17.9 Å². The van der Waals surface area contributed by atoms with Gasteiger partial charge in [0.15, 0.2) is 9.84 Å². The molecule has 1 heterocycles. The predicted octanol–water partition coefficient (Wildman–Crippen LogP) is 1.41. The van der Waals surface area contributed by atoms with Gasteiger partial charge in [-0.15, -0.1) is 23.5 Å². The Kier molecular flexibility index (Phi) is 7.15. The summed E-state index contributed by atoms with van der Waals surface area (Å²) >= 11 is 3.23. The van der Waals surface area contributed by atoms with Crippen LogP contribution in [0.25, 0.3) is 0 Å². The molecular formula is C12H24N2O4S3. The van der Waals surface area contributed by atoms with Crippen LogP contribution >= 0.6 is 23.5 Å². The number of amides is 1. The predicted molar refractivity (Wildman–Crippen MR) is 89.3 cm³/mol. The lowest BCUT2D eigenvalue weighted by atomic mass is 10.2. The fourth-order valence-corrected chi connectivity index (χ4v) is 7.00. The number of hydrogen-bond acceptors (Lipinski definition) is 7. The molecule has 1 saturated heterocycles. The summed E-state index contributed by atoms with van der Waals surface area (Å²) in [6.07, 6.45) is 0.464. The van der Waals surface area contributed by atoms with Crippen LogP contribution in [-0.2, 0) is 14.6 Å². The topological polar surface area (TPSA) is 98.5 Å². The van der Waals surface area contributed by atoms with Gasteiger partial charge in [0.05, 0.1) is 10.5 Å². The van der Waals surface area contributed by atoms with Crippen LogP contribution in [0.4, 0.5) is 4.79 Å². The molecular weight excluding hydrogens is 332 g/mol. The number of carbonyl (C=O) groups excluding carboxylic acids is 1. The Morgan fingerprint density at radius 2 is 1.95 bits per heavy atom. The zero-order valence-electron chi connectivity index (χ0n) is 12.6. The molecule has 0 saturated carbocycles. The number of thioether (sulfide) groups is 2. The maximum absolute atomic E-state index is 12.2. The molecule has 0 spiro atoms. The minimum atomic E-state index is -3.43. The first-order valence-electron chi connectivity index (χ1n) is 6.77. The molecule has 0 aromatic rings. The summed E-state index contributed by atoms with van der Waals surface area (Å²) in [7, 11) is -3.43. The number of alkyl carbamates (subject to hydrolysis) is 1. The lowest BCUT2D eigenvalue weighted by Crippen LogP contribution is -2.45. The number of hydrogen-bond donors (Lipinski definition) is 2. The summed E-state index contributed by atoms with van der Waals surface area (Å²) in [5, 5.41) is 1.86. The summed E-state index contributed by atoms with van der Waals surface area (Å²) in [6.45, 7) is 5.30. The van der Waals surface area contributed by atoms with Gasteiger partial charge in [-0.2, -0.15) is 0 Å². The van der Waals surface area contributed by atoms with Gasteiger partial charge in [-0.05, 0) is 38.7 Å². The van der Waals surface area contributed by atoms with Gasteiger partial charge in [-0.3, -0.25) is 0 Å². The molecule has 1 rings (SSSR count). The molecule has 0 aromatic heterocycles. The van der Waals surface area contributed by atoms with Gasteiger partial charge in [0.1, 0.15) is 10.9 Å². The summed E-state index contributed by atoms with van der Waals surface area (Å²) < 4.78 is 29.3. The molecule has 0 bridgehead atoms. The van der Waals surface area contributed by atoms with Crippen molar-refractivity contribution >= 4 is 39.5 Å². The van der Waals surface area contributed by atoms with Crippen molar-refractivity contribution in [2.75, 3.05) is 23.9 Å². The maximum Gasteiger partial charge on any atom is 0.407 e. The molecule has 124 valence electrons. The lowest BCUT2D eigenvalue weighted by Gasteiger charge is -2.29. The zero-order chi connectivity index (χ0) is 16.1. The number of nitrogens with two attached hydrogens (primary N) is 1. The molecule has 9 heteroatoms. The third-order valence-electron chi connectivity index (χ3n) is 2.70. The molecule has 1 fully saturated rings. The first-order valence-corrected chi connectivity index (χ1v) is 10.6.